The number of hydrogen-bond donors (Lipinski definition) is 2. The molecule has 4 rings (SSSR count). The van der Waals surface area contributed by atoms with Crippen LogP contribution in [0.25, 0.3) is 11.6 Å². The van der Waals surface area contributed by atoms with Crippen molar-refractivity contribution in [3.05, 3.63) is 64.6 Å². The zero-order valence-electron chi connectivity index (χ0n) is 17.4. The van der Waals surface area contributed by atoms with Gasteiger partial charge in [-0.25, -0.2) is 0 Å². The molecule has 4 nitrogen and oxygen atoms in total. The molecule has 0 spiro atoms. The number of benzene rings is 1. The van der Waals surface area contributed by atoms with E-state index in [1.165, 1.54) is 40.1 Å². The maximum absolute atomic E-state index is 5.37. The van der Waals surface area contributed by atoms with Crippen molar-refractivity contribution >= 4 is 11.6 Å². The van der Waals surface area contributed by atoms with E-state index in [0.717, 1.165) is 25.3 Å². The lowest BCUT2D eigenvalue weighted by atomic mass is 9.82. The zero-order chi connectivity index (χ0) is 19.7. The molecule has 2 N–H and O–H groups in total. The third-order valence-electron chi connectivity index (χ3n) is 6.13. The fourth-order valence-corrected chi connectivity index (χ4v) is 4.41. The van der Waals surface area contributed by atoms with Gasteiger partial charge in [-0.15, -0.1) is 0 Å². The maximum atomic E-state index is 5.37. The first-order valence-corrected chi connectivity index (χ1v) is 10.3. The van der Waals surface area contributed by atoms with Crippen molar-refractivity contribution in [2.75, 3.05) is 20.7 Å². The van der Waals surface area contributed by atoms with Crippen molar-refractivity contribution in [3.63, 3.8) is 0 Å². The molecule has 0 radical (unpaired) electrons. The molecule has 2 atom stereocenters. The minimum Gasteiger partial charge on any atom is -0.497 e. The van der Waals surface area contributed by atoms with Gasteiger partial charge in [0.1, 0.15) is 5.75 Å². The topological polar surface area (TPSA) is 40.3 Å². The van der Waals surface area contributed by atoms with E-state index in [0.29, 0.717) is 5.92 Å². The number of H-pyrrole nitrogens is 1. The fraction of sp³-hybridized carbons (Fsp3) is 0.417. The number of nitrogens with one attached hydrogen (secondary N) is 2. The number of nitrogens with zero attached hydrogens (tertiary/aromatic N) is 1. The van der Waals surface area contributed by atoms with E-state index in [9.17, 15) is 0 Å². The molecular weight excluding hydrogens is 346 g/mol. The lowest BCUT2D eigenvalue weighted by Gasteiger charge is -2.25. The van der Waals surface area contributed by atoms with Gasteiger partial charge in [0, 0.05) is 36.6 Å². The molecule has 2 heterocycles. The Kier molecular flexibility index (Phi) is 5.31. The fourth-order valence-electron chi connectivity index (χ4n) is 4.41. The number of hydrogen-bond acceptors (Lipinski definition) is 3. The Morgan fingerprint density at radius 3 is 3.00 bits per heavy atom. The summed E-state index contributed by atoms with van der Waals surface area (Å²) in [6.07, 6.45) is 9.22. The number of aromatic nitrogens is 1. The predicted octanol–water partition coefficient (Wildman–Crippen LogP) is 5.07. The van der Waals surface area contributed by atoms with Gasteiger partial charge in [0.2, 0.25) is 0 Å². The van der Waals surface area contributed by atoms with Crippen LogP contribution in [0.4, 0.5) is 0 Å². The standard InChI is InChI=1S/C24H31N3O/c1-5-17-9-10-19(14-25-16(2)18-7-6-8-20(13-18)28-4)24-23(17)21-11-12-27(3)15-22(21)26-24/h6-8,10-13,16-17,25-26H,5,9,14-15H2,1-4H3/t16-,17?/m1/s1. The first kappa shape index (κ1) is 18.9. The summed E-state index contributed by atoms with van der Waals surface area (Å²) in [7, 11) is 3.85. The maximum Gasteiger partial charge on any atom is 0.119 e. The molecule has 0 fully saturated rings. The quantitative estimate of drug-likeness (QED) is 0.738. The van der Waals surface area contributed by atoms with Gasteiger partial charge < -0.3 is 19.9 Å². The smallest absolute Gasteiger partial charge is 0.119 e. The number of ether oxygens (including phenoxy) is 1. The number of fused-ring (bicyclic) bond motifs is 3. The molecule has 1 aliphatic carbocycles. The third kappa shape index (κ3) is 3.49. The highest BCUT2D eigenvalue weighted by Gasteiger charge is 2.28. The number of rotatable bonds is 6. The second kappa shape index (κ2) is 7.88. The van der Waals surface area contributed by atoms with E-state index in [1.54, 1.807) is 7.11 Å². The second-order valence-corrected chi connectivity index (χ2v) is 7.99. The molecule has 0 saturated carbocycles. The highest BCUT2D eigenvalue weighted by molar-refractivity contribution is 5.76. The molecule has 2 aromatic rings. The largest absolute Gasteiger partial charge is 0.497 e. The van der Waals surface area contributed by atoms with Crippen molar-refractivity contribution < 1.29 is 4.74 Å². The molecule has 1 aliphatic heterocycles. The molecule has 0 saturated heterocycles. The van der Waals surface area contributed by atoms with Crippen molar-refractivity contribution in [3.8, 4) is 5.75 Å². The lowest BCUT2D eigenvalue weighted by Crippen LogP contribution is -2.22. The molecule has 28 heavy (non-hydrogen) atoms. The molecule has 1 aromatic heterocycles. The Morgan fingerprint density at radius 2 is 2.21 bits per heavy atom. The van der Waals surface area contributed by atoms with Crippen LogP contribution in [0.2, 0.25) is 0 Å². The number of methoxy groups -OCH3 is 1. The number of allylic oxidation sites excluding steroid dienone is 1. The number of aromatic amines is 1. The summed E-state index contributed by atoms with van der Waals surface area (Å²) in [5.41, 5.74) is 8.27. The molecule has 2 aliphatic rings. The SMILES string of the molecule is CCC1CC=C(CN[C@H](C)c2cccc(OC)c2)c2[nH]c3c(c21)C=CN(C)C3. The molecule has 0 bridgehead atoms. The monoisotopic (exact) mass is 377 g/mol. The average molecular weight is 378 g/mol. The van der Waals surface area contributed by atoms with Gasteiger partial charge in [-0.3, -0.25) is 0 Å². The highest BCUT2D eigenvalue weighted by Crippen LogP contribution is 2.41. The highest BCUT2D eigenvalue weighted by atomic mass is 16.5. The van der Waals surface area contributed by atoms with Gasteiger partial charge >= 0.3 is 0 Å². The van der Waals surface area contributed by atoms with Crippen molar-refractivity contribution in [1.29, 1.82) is 0 Å². The van der Waals surface area contributed by atoms with Crippen LogP contribution >= 0.6 is 0 Å². The second-order valence-electron chi connectivity index (χ2n) is 7.99. The van der Waals surface area contributed by atoms with E-state index in [4.69, 9.17) is 4.74 Å². The van der Waals surface area contributed by atoms with Gasteiger partial charge in [-0.2, -0.15) is 0 Å². The van der Waals surface area contributed by atoms with Gasteiger partial charge in [-0.1, -0.05) is 25.1 Å². The summed E-state index contributed by atoms with van der Waals surface area (Å²) < 4.78 is 5.37. The molecular formula is C24H31N3O. The Bertz CT molecular complexity index is 909. The Hall–Kier alpha value is -2.46. The summed E-state index contributed by atoms with van der Waals surface area (Å²) in [4.78, 5) is 5.99. The Morgan fingerprint density at radius 1 is 1.36 bits per heavy atom. The van der Waals surface area contributed by atoms with Crippen molar-refractivity contribution in [2.24, 2.45) is 0 Å². The van der Waals surface area contributed by atoms with Crippen LogP contribution < -0.4 is 10.1 Å². The van der Waals surface area contributed by atoms with E-state index in [1.807, 2.05) is 6.07 Å². The summed E-state index contributed by atoms with van der Waals surface area (Å²) >= 11 is 0. The summed E-state index contributed by atoms with van der Waals surface area (Å²) in [5.74, 6) is 1.52. The van der Waals surface area contributed by atoms with Crippen LogP contribution in [0, 0.1) is 0 Å². The lowest BCUT2D eigenvalue weighted by molar-refractivity contribution is 0.413. The van der Waals surface area contributed by atoms with Gasteiger partial charge in [0.25, 0.3) is 0 Å². The molecule has 1 unspecified atom stereocenters. The van der Waals surface area contributed by atoms with Crippen LogP contribution in [0.3, 0.4) is 0 Å². The summed E-state index contributed by atoms with van der Waals surface area (Å²) in [5, 5.41) is 3.71. The Balaban J connectivity index is 1.55. The average Bonchev–Trinajstić information content (AvgIpc) is 3.10. The van der Waals surface area contributed by atoms with Gasteiger partial charge in [-0.05, 0) is 66.8 Å². The first-order chi connectivity index (χ1) is 13.6. The van der Waals surface area contributed by atoms with Gasteiger partial charge in [0.15, 0.2) is 0 Å². The van der Waals surface area contributed by atoms with Gasteiger partial charge in [0.05, 0.1) is 13.7 Å². The molecule has 4 heteroatoms. The van der Waals surface area contributed by atoms with E-state index >= 15 is 0 Å². The summed E-state index contributed by atoms with van der Waals surface area (Å²) in [6.45, 7) is 6.33. The van der Waals surface area contributed by atoms with Crippen LogP contribution in [0.15, 0.2) is 36.5 Å². The molecule has 148 valence electrons. The minimum atomic E-state index is 0.263. The van der Waals surface area contributed by atoms with Crippen molar-refractivity contribution in [2.45, 2.75) is 45.2 Å². The van der Waals surface area contributed by atoms with E-state index < -0.39 is 0 Å². The van der Waals surface area contributed by atoms with Crippen LogP contribution in [0.5, 0.6) is 5.75 Å². The Labute approximate surface area is 168 Å². The minimum absolute atomic E-state index is 0.263. The third-order valence-corrected chi connectivity index (χ3v) is 6.13. The molecule has 1 aromatic carbocycles. The zero-order valence-corrected chi connectivity index (χ0v) is 17.4. The van der Waals surface area contributed by atoms with Crippen LogP contribution in [-0.2, 0) is 6.54 Å². The van der Waals surface area contributed by atoms with E-state index in [2.05, 4.69) is 72.6 Å². The predicted molar refractivity (Wildman–Crippen MR) is 116 cm³/mol. The van der Waals surface area contributed by atoms with Crippen molar-refractivity contribution in [1.82, 2.24) is 15.2 Å². The van der Waals surface area contributed by atoms with Crippen LogP contribution in [-0.4, -0.2) is 30.6 Å². The van der Waals surface area contributed by atoms with E-state index in [-0.39, 0.29) is 6.04 Å². The first-order valence-electron chi connectivity index (χ1n) is 10.3. The molecule has 0 amide bonds. The summed E-state index contributed by atoms with van der Waals surface area (Å²) in [6, 6.07) is 8.57. The normalized spacial score (nSPS) is 19.1. The van der Waals surface area contributed by atoms with Crippen LogP contribution in [0.1, 0.15) is 66.7 Å².